The first kappa shape index (κ1) is 11.2. The van der Waals surface area contributed by atoms with Gasteiger partial charge in [-0.3, -0.25) is 0 Å². The zero-order chi connectivity index (χ0) is 10.6. The molecule has 0 unspecified atom stereocenters. The SMILES string of the molecule is OC1(C2=CCCCCCC2)CCOCC1. The van der Waals surface area contributed by atoms with Gasteiger partial charge in [-0.25, -0.2) is 0 Å². The van der Waals surface area contributed by atoms with Gasteiger partial charge in [0.1, 0.15) is 0 Å². The minimum Gasteiger partial charge on any atom is -0.385 e. The molecule has 2 aliphatic rings. The van der Waals surface area contributed by atoms with Gasteiger partial charge in [0.15, 0.2) is 0 Å². The smallest absolute Gasteiger partial charge is 0.0900 e. The number of hydrogen-bond donors (Lipinski definition) is 1. The lowest BCUT2D eigenvalue weighted by Gasteiger charge is -2.35. The van der Waals surface area contributed by atoms with Crippen LogP contribution in [0.5, 0.6) is 0 Å². The van der Waals surface area contributed by atoms with E-state index in [9.17, 15) is 5.11 Å². The molecular formula is C13H22O2. The lowest BCUT2D eigenvalue weighted by Crippen LogP contribution is -2.38. The van der Waals surface area contributed by atoms with Crippen molar-refractivity contribution in [2.75, 3.05) is 13.2 Å². The van der Waals surface area contributed by atoms with E-state index in [-0.39, 0.29) is 0 Å². The second-order valence-corrected chi connectivity index (χ2v) is 4.83. The van der Waals surface area contributed by atoms with Crippen LogP contribution in [0, 0.1) is 0 Å². The first-order valence-corrected chi connectivity index (χ1v) is 6.31. The van der Waals surface area contributed by atoms with E-state index < -0.39 is 5.60 Å². The second kappa shape index (κ2) is 5.13. The predicted molar refractivity (Wildman–Crippen MR) is 60.8 cm³/mol. The number of rotatable bonds is 1. The summed E-state index contributed by atoms with van der Waals surface area (Å²) in [5, 5.41) is 10.6. The van der Waals surface area contributed by atoms with Gasteiger partial charge in [0.2, 0.25) is 0 Å². The summed E-state index contributed by atoms with van der Waals surface area (Å²) >= 11 is 0. The number of allylic oxidation sites excluding steroid dienone is 1. The molecule has 2 rings (SSSR count). The second-order valence-electron chi connectivity index (χ2n) is 4.83. The first-order chi connectivity index (χ1) is 7.31. The van der Waals surface area contributed by atoms with Crippen LogP contribution < -0.4 is 0 Å². The highest BCUT2D eigenvalue weighted by atomic mass is 16.5. The van der Waals surface area contributed by atoms with Gasteiger partial charge in [0.05, 0.1) is 5.60 Å². The van der Waals surface area contributed by atoms with Crippen LogP contribution in [0.1, 0.15) is 51.4 Å². The molecule has 0 aromatic rings. The molecule has 0 amide bonds. The highest BCUT2D eigenvalue weighted by Gasteiger charge is 2.33. The Labute approximate surface area is 92.3 Å². The van der Waals surface area contributed by atoms with Crippen LogP contribution in [0.2, 0.25) is 0 Å². The molecule has 0 bridgehead atoms. The molecule has 0 radical (unpaired) electrons. The number of aliphatic hydroxyl groups is 1. The summed E-state index contributed by atoms with van der Waals surface area (Å²) in [6.07, 6.45) is 11.3. The molecule has 0 saturated carbocycles. The highest BCUT2D eigenvalue weighted by Crippen LogP contribution is 2.33. The topological polar surface area (TPSA) is 29.5 Å². The number of hydrogen-bond acceptors (Lipinski definition) is 2. The molecule has 0 spiro atoms. The third-order valence-electron chi connectivity index (χ3n) is 3.71. The van der Waals surface area contributed by atoms with Gasteiger partial charge >= 0.3 is 0 Å². The lowest BCUT2D eigenvalue weighted by atomic mass is 9.81. The fourth-order valence-electron chi connectivity index (χ4n) is 2.64. The van der Waals surface area contributed by atoms with E-state index in [4.69, 9.17) is 4.74 Å². The van der Waals surface area contributed by atoms with Gasteiger partial charge in [-0.05, 0) is 31.3 Å². The molecule has 1 N–H and O–H groups in total. The Morgan fingerprint density at radius 2 is 1.80 bits per heavy atom. The van der Waals surface area contributed by atoms with Gasteiger partial charge < -0.3 is 9.84 Å². The van der Waals surface area contributed by atoms with Gasteiger partial charge in [0.25, 0.3) is 0 Å². The summed E-state index contributed by atoms with van der Waals surface area (Å²) in [6, 6.07) is 0. The third kappa shape index (κ3) is 2.82. The zero-order valence-electron chi connectivity index (χ0n) is 9.50. The van der Waals surface area contributed by atoms with E-state index in [1.165, 1.54) is 31.3 Å². The fourth-order valence-corrected chi connectivity index (χ4v) is 2.64. The van der Waals surface area contributed by atoms with E-state index in [0.29, 0.717) is 13.2 Å². The Morgan fingerprint density at radius 3 is 2.60 bits per heavy atom. The average Bonchev–Trinajstić information content (AvgIpc) is 2.17. The molecular weight excluding hydrogens is 188 g/mol. The third-order valence-corrected chi connectivity index (χ3v) is 3.71. The minimum absolute atomic E-state index is 0.532. The summed E-state index contributed by atoms with van der Waals surface area (Å²) in [5.41, 5.74) is 0.765. The summed E-state index contributed by atoms with van der Waals surface area (Å²) in [5.74, 6) is 0. The molecule has 86 valence electrons. The predicted octanol–water partition coefficient (Wildman–Crippen LogP) is 2.81. The molecule has 2 heteroatoms. The maximum Gasteiger partial charge on any atom is 0.0900 e. The largest absolute Gasteiger partial charge is 0.385 e. The minimum atomic E-state index is -0.532. The average molecular weight is 210 g/mol. The molecule has 1 aliphatic heterocycles. The first-order valence-electron chi connectivity index (χ1n) is 6.31. The molecule has 2 nitrogen and oxygen atoms in total. The van der Waals surface area contributed by atoms with Crippen molar-refractivity contribution in [1.29, 1.82) is 0 Å². The van der Waals surface area contributed by atoms with Crippen molar-refractivity contribution in [2.45, 2.75) is 57.0 Å². The van der Waals surface area contributed by atoms with Gasteiger partial charge in [0, 0.05) is 26.1 Å². The Hall–Kier alpha value is -0.340. The van der Waals surface area contributed by atoms with Crippen LogP contribution in [-0.4, -0.2) is 23.9 Å². The van der Waals surface area contributed by atoms with E-state index in [1.54, 1.807) is 0 Å². The maximum absolute atomic E-state index is 10.6. The zero-order valence-corrected chi connectivity index (χ0v) is 9.50. The van der Waals surface area contributed by atoms with Crippen molar-refractivity contribution in [3.05, 3.63) is 11.6 Å². The molecule has 0 aromatic carbocycles. The summed E-state index contributed by atoms with van der Waals surface area (Å²) < 4.78 is 5.32. The van der Waals surface area contributed by atoms with Crippen molar-refractivity contribution < 1.29 is 9.84 Å². The molecule has 0 aromatic heterocycles. The van der Waals surface area contributed by atoms with Crippen LogP contribution in [-0.2, 0) is 4.74 Å². The monoisotopic (exact) mass is 210 g/mol. The van der Waals surface area contributed by atoms with Crippen LogP contribution in [0.25, 0.3) is 0 Å². The van der Waals surface area contributed by atoms with Crippen molar-refractivity contribution in [3.8, 4) is 0 Å². The van der Waals surface area contributed by atoms with Crippen molar-refractivity contribution in [3.63, 3.8) is 0 Å². The standard InChI is InChI=1S/C13H22O2/c14-13(8-10-15-11-9-13)12-6-4-2-1-3-5-7-12/h6,14H,1-5,7-11H2. The Balaban J connectivity index is 2.04. The van der Waals surface area contributed by atoms with Crippen molar-refractivity contribution in [1.82, 2.24) is 0 Å². The quantitative estimate of drug-likeness (QED) is 0.674. The van der Waals surface area contributed by atoms with Crippen molar-refractivity contribution in [2.24, 2.45) is 0 Å². The van der Waals surface area contributed by atoms with Crippen LogP contribution >= 0.6 is 0 Å². The van der Waals surface area contributed by atoms with Crippen LogP contribution in [0.3, 0.4) is 0 Å². The Bertz CT molecular complexity index is 227. The van der Waals surface area contributed by atoms with E-state index in [0.717, 1.165) is 25.7 Å². The normalized spacial score (nSPS) is 27.7. The van der Waals surface area contributed by atoms with Gasteiger partial charge in [-0.1, -0.05) is 18.9 Å². The molecule has 15 heavy (non-hydrogen) atoms. The fraction of sp³-hybridized carbons (Fsp3) is 0.846. The molecule has 1 heterocycles. The highest BCUT2D eigenvalue weighted by molar-refractivity contribution is 5.18. The van der Waals surface area contributed by atoms with Gasteiger partial charge in [-0.15, -0.1) is 0 Å². The van der Waals surface area contributed by atoms with E-state index in [2.05, 4.69) is 6.08 Å². The molecule has 1 fully saturated rings. The Kier molecular flexibility index (Phi) is 3.81. The molecule has 1 aliphatic carbocycles. The van der Waals surface area contributed by atoms with Crippen LogP contribution in [0.15, 0.2) is 11.6 Å². The van der Waals surface area contributed by atoms with Gasteiger partial charge in [-0.2, -0.15) is 0 Å². The van der Waals surface area contributed by atoms with E-state index in [1.807, 2.05) is 0 Å². The summed E-state index contributed by atoms with van der Waals surface area (Å²) in [4.78, 5) is 0. The Morgan fingerprint density at radius 1 is 1.07 bits per heavy atom. The van der Waals surface area contributed by atoms with E-state index >= 15 is 0 Å². The number of ether oxygens (including phenoxy) is 1. The summed E-state index contributed by atoms with van der Waals surface area (Å²) in [7, 11) is 0. The maximum atomic E-state index is 10.6. The molecule has 1 saturated heterocycles. The molecule has 0 atom stereocenters. The van der Waals surface area contributed by atoms with Crippen LogP contribution in [0.4, 0.5) is 0 Å². The lowest BCUT2D eigenvalue weighted by molar-refractivity contribution is -0.0416. The van der Waals surface area contributed by atoms with Crippen molar-refractivity contribution >= 4 is 0 Å². The summed E-state index contributed by atoms with van der Waals surface area (Å²) in [6.45, 7) is 1.43.